The van der Waals surface area contributed by atoms with Crippen LogP contribution >= 0.6 is 11.8 Å². The number of nitro groups is 1. The summed E-state index contributed by atoms with van der Waals surface area (Å²) in [7, 11) is 0. The predicted molar refractivity (Wildman–Crippen MR) is 94.3 cm³/mol. The van der Waals surface area contributed by atoms with Gasteiger partial charge in [-0.15, -0.1) is 0 Å². The summed E-state index contributed by atoms with van der Waals surface area (Å²) in [4.78, 5) is 26.4. The average molecular weight is 393 g/mol. The van der Waals surface area contributed by atoms with E-state index >= 15 is 0 Å². The molecule has 1 atom stereocenters. The van der Waals surface area contributed by atoms with Crippen molar-refractivity contribution in [1.82, 2.24) is 10.3 Å². The van der Waals surface area contributed by atoms with Crippen molar-refractivity contribution >= 4 is 34.5 Å². The third-order valence-electron chi connectivity index (χ3n) is 3.70. The number of non-ortho nitro benzene ring substituents is 1. The number of halogens is 2. The van der Waals surface area contributed by atoms with Gasteiger partial charge in [-0.1, -0.05) is 17.8 Å². The molecule has 1 amide bonds. The topological polar surface area (TPSA) is 98.3 Å². The van der Waals surface area contributed by atoms with Gasteiger partial charge in [-0.3, -0.25) is 14.9 Å². The van der Waals surface area contributed by atoms with Crippen molar-refractivity contribution in [3.8, 4) is 0 Å². The normalized spacial score (nSPS) is 12.1. The van der Waals surface area contributed by atoms with Crippen LogP contribution in [0.25, 0.3) is 11.1 Å². The maximum atomic E-state index is 13.7. The number of benzene rings is 2. The highest BCUT2D eigenvalue weighted by molar-refractivity contribution is 7.99. The Morgan fingerprint density at radius 2 is 2.11 bits per heavy atom. The Kier molecular flexibility index (Phi) is 5.36. The van der Waals surface area contributed by atoms with Crippen molar-refractivity contribution in [2.24, 2.45) is 0 Å². The van der Waals surface area contributed by atoms with Crippen LogP contribution in [0.3, 0.4) is 0 Å². The molecular formula is C17H13F2N3O4S. The van der Waals surface area contributed by atoms with E-state index in [0.717, 1.165) is 23.9 Å². The lowest BCUT2D eigenvalue weighted by Crippen LogP contribution is -2.28. The van der Waals surface area contributed by atoms with Gasteiger partial charge in [0.2, 0.25) is 5.91 Å². The minimum atomic E-state index is -0.740. The molecule has 10 heteroatoms. The summed E-state index contributed by atoms with van der Waals surface area (Å²) in [6.07, 6.45) is 0. The highest BCUT2D eigenvalue weighted by Gasteiger charge is 2.16. The van der Waals surface area contributed by atoms with Crippen molar-refractivity contribution in [2.45, 2.75) is 18.2 Å². The quantitative estimate of drug-likeness (QED) is 0.386. The summed E-state index contributed by atoms with van der Waals surface area (Å²) in [5.41, 5.74) is 0.739. The number of aromatic nitrogens is 1. The van der Waals surface area contributed by atoms with E-state index < -0.39 is 28.5 Å². The number of carbonyl (C=O) groups is 1. The second kappa shape index (κ2) is 7.70. The summed E-state index contributed by atoms with van der Waals surface area (Å²) in [6, 6.07) is 6.51. The molecule has 1 N–H and O–H groups in total. The van der Waals surface area contributed by atoms with E-state index in [0.29, 0.717) is 11.1 Å². The number of thioether (sulfide) groups is 1. The first-order valence-corrected chi connectivity index (χ1v) is 8.74. The first-order chi connectivity index (χ1) is 12.8. The molecule has 2 aromatic carbocycles. The minimum Gasteiger partial charge on any atom is -0.431 e. The van der Waals surface area contributed by atoms with Crippen molar-refractivity contribution in [3.05, 3.63) is 63.7 Å². The van der Waals surface area contributed by atoms with E-state index in [9.17, 15) is 23.7 Å². The zero-order valence-corrected chi connectivity index (χ0v) is 14.8. The fraction of sp³-hybridized carbons (Fsp3) is 0.176. The van der Waals surface area contributed by atoms with Crippen LogP contribution in [0, 0.1) is 21.7 Å². The average Bonchev–Trinajstić information content (AvgIpc) is 3.01. The number of amides is 1. The Labute approximate surface area is 155 Å². The van der Waals surface area contributed by atoms with E-state index in [1.54, 1.807) is 6.92 Å². The van der Waals surface area contributed by atoms with Crippen molar-refractivity contribution in [2.75, 3.05) is 5.75 Å². The molecule has 1 heterocycles. The zero-order valence-electron chi connectivity index (χ0n) is 13.9. The van der Waals surface area contributed by atoms with Crippen LogP contribution in [0.5, 0.6) is 0 Å². The standard InChI is InChI=1S/C17H13F2N3O4S/c1-9(12-4-2-10(18)6-13(12)19)20-16(23)8-27-17-21-14-7-11(22(24)25)3-5-15(14)26-17/h2-7,9H,8H2,1H3,(H,20,23). The van der Waals surface area contributed by atoms with Crippen LogP contribution < -0.4 is 5.32 Å². The Bertz CT molecular complexity index is 1020. The third kappa shape index (κ3) is 4.40. The monoisotopic (exact) mass is 393 g/mol. The molecule has 3 aromatic rings. The highest BCUT2D eigenvalue weighted by atomic mass is 32.2. The van der Waals surface area contributed by atoms with E-state index in [2.05, 4.69) is 10.3 Å². The van der Waals surface area contributed by atoms with Crippen LogP contribution in [0.15, 0.2) is 46.0 Å². The lowest BCUT2D eigenvalue weighted by Gasteiger charge is -2.14. The van der Waals surface area contributed by atoms with Gasteiger partial charge in [-0.2, -0.15) is 0 Å². The Morgan fingerprint density at radius 1 is 1.33 bits per heavy atom. The predicted octanol–water partition coefficient (Wildman–Crippen LogP) is 3.98. The number of rotatable bonds is 6. The number of nitrogens with one attached hydrogen (secondary N) is 1. The van der Waals surface area contributed by atoms with Gasteiger partial charge in [0.05, 0.1) is 16.7 Å². The minimum absolute atomic E-state index is 0.0535. The maximum Gasteiger partial charge on any atom is 0.271 e. The molecule has 0 aliphatic carbocycles. The third-order valence-corrected chi connectivity index (χ3v) is 4.52. The molecule has 140 valence electrons. The maximum absolute atomic E-state index is 13.7. The van der Waals surface area contributed by atoms with Gasteiger partial charge in [0, 0.05) is 23.8 Å². The van der Waals surface area contributed by atoms with E-state index in [1.165, 1.54) is 24.3 Å². The number of nitrogens with zero attached hydrogens (tertiary/aromatic N) is 2. The molecule has 27 heavy (non-hydrogen) atoms. The second-order valence-corrected chi connectivity index (χ2v) is 6.56. The molecule has 0 spiro atoms. The van der Waals surface area contributed by atoms with Crippen molar-refractivity contribution < 1.29 is 22.9 Å². The Hall–Kier alpha value is -3.01. The van der Waals surface area contributed by atoms with Crippen LogP contribution in [0.1, 0.15) is 18.5 Å². The van der Waals surface area contributed by atoms with Gasteiger partial charge >= 0.3 is 0 Å². The summed E-state index contributed by atoms with van der Waals surface area (Å²) in [5.74, 6) is -1.88. The van der Waals surface area contributed by atoms with E-state index in [-0.39, 0.29) is 22.2 Å². The Morgan fingerprint density at radius 3 is 2.81 bits per heavy atom. The Balaban J connectivity index is 1.61. The summed E-state index contributed by atoms with van der Waals surface area (Å²) < 4.78 is 32.1. The first-order valence-electron chi connectivity index (χ1n) is 7.75. The highest BCUT2D eigenvalue weighted by Crippen LogP contribution is 2.26. The molecule has 1 aromatic heterocycles. The number of oxazole rings is 1. The zero-order chi connectivity index (χ0) is 19.6. The fourth-order valence-electron chi connectivity index (χ4n) is 2.41. The van der Waals surface area contributed by atoms with Gasteiger partial charge in [0.15, 0.2) is 5.58 Å². The van der Waals surface area contributed by atoms with Crippen LogP contribution in [0.2, 0.25) is 0 Å². The van der Waals surface area contributed by atoms with Gasteiger partial charge < -0.3 is 9.73 Å². The fourth-order valence-corrected chi connectivity index (χ4v) is 3.06. The number of nitro benzene ring substituents is 1. The van der Waals surface area contributed by atoms with Gasteiger partial charge in [-0.05, 0) is 19.1 Å². The SMILES string of the molecule is CC(NC(=O)CSc1nc2cc([N+](=O)[O-])ccc2o1)c1ccc(F)cc1F. The first kappa shape index (κ1) is 18.8. The van der Waals surface area contributed by atoms with Crippen LogP contribution in [-0.4, -0.2) is 21.6 Å². The molecule has 0 aliphatic heterocycles. The van der Waals surface area contributed by atoms with Gasteiger partial charge in [-0.25, -0.2) is 13.8 Å². The van der Waals surface area contributed by atoms with Crippen LogP contribution in [0.4, 0.5) is 14.5 Å². The van der Waals surface area contributed by atoms with Gasteiger partial charge in [0.25, 0.3) is 10.9 Å². The van der Waals surface area contributed by atoms with E-state index in [1.807, 2.05) is 0 Å². The molecule has 0 fully saturated rings. The smallest absolute Gasteiger partial charge is 0.271 e. The molecule has 1 unspecified atom stereocenters. The second-order valence-electron chi connectivity index (χ2n) is 5.63. The van der Waals surface area contributed by atoms with Crippen LogP contribution in [-0.2, 0) is 4.79 Å². The molecule has 3 rings (SSSR count). The molecule has 0 bridgehead atoms. The lowest BCUT2D eigenvalue weighted by atomic mass is 10.1. The van der Waals surface area contributed by atoms with E-state index in [4.69, 9.17) is 4.42 Å². The van der Waals surface area contributed by atoms with Crippen molar-refractivity contribution in [3.63, 3.8) is 0 Å². The lowest BCUT2D eigenvalue weighted by molar-refractivity contribution is -0.384. The summed E-state index contributed by atoms with van der Waals surface area (Å²) in [5, 5.41) is 13.6. The number of carbonyl (C=O) groups excluding carboxylic acids is 1. The number of hydrogen-bond donors (Lipinski definition) is 1. The van der Waals surface area contributed by atoms with Gasteiger partial charge in [0.1, 0.15) is 17.2 Å². The molecule has 0 aliphatic rings. The van der Waals surface area contributed by atoms with Crippen molar-refractivity contribution in [1.29, 1.82) is 0 Å². The number of hydrogen-bond acceptors (Lipinski definition) is 6. The largest absolute Gasteiger partial charge is 0.431 e. The summed E-state index contributed by atoms with van der Waals surface area (Å²) >= 11 is 0.999. The summed E-state index contributed by atoms with van der Waals surface area (Å²) in [6.45, 7) is 1.58. The number of fused-ring (bicyclic) bond motifs is 1. The molecule has 0 saturated carbocycles. The molecule has 0 saturated heterocycles. The molecule has 7 nitrogen and oxygen atoms in total. The molecular weight excluding hydrogens is 380 g/mol. The molecule has 0 radical (unpaired) electrons.